The molecule has 0 saturated carbocycles. The van der Waals surface area contributed by atoms with E-state index in [1.165, 1.54) is 0 Å². The van der Waals surface area contributed by atoms with Gasteiger partial charge in [-0.25, -0.2) is 4.58 Å². The molecule has 5 heavy (non-hydrogen) atoms. The predicted octanol–water partition coefficient (Wildman–Crippen LogP) is 0.217. The van der Waals surface area contributed by atoms with Gasteiger partial charge in [-0.1, -0.05) is 12.6 Å². The summed E-state index contributed by atoms with van der Waals surface area (Å²) in [7, 11) is 3.85. The molecule has 0 aromatic heterocycles. The van der Waals surface area contributed by atoms with E-state index in [-0.39, 0.29) is 0 Å². The minimum absolute atomic E-state index is 1.69. The highest BCUT2D eigenvalue weighted by atomic mass is 32.1. The second-order valence-electron chi connectivity index (χ2n) is 1.08. The summed E-state index contributed by atoms with van der Waals surface area (Å²) in [6, 6.07) is 0. The zero-order chi connectivity index (χ0) is 4.28. The monoisotopic (exact) mass is 90.0 g/mol. The molecular formula is C3H8NS+. The van der Waals surface area contributed by atoms with Crippen molar-refractivity contribution < 1.29 is 4.58 Å². The normalized spacial score (nSPS) is 7.00. The number of thiol groups is 1. The number of hydrogen-bond donors (Lipinski definition) is 1. The third-order valence-corrected chi connectivity index (χ3v) is 0.693. The van der Waals surface area contributed by atoms with E-state index in [1.807, 2.05) is 18.7 Å². The van der Waals surface area contributed by atoms with Crippen LogP contribution in [0.5, 0.6) is 0 Å². The lowest BCUT2D eigenvalue weighted by atomic mass is 11.1. The average Bonchev–Trinajstić information content (AvgIpc) is 1.38. The van der Waals surface area contributed by atoms with Crippen molar-refractivity contribution in [2.24, 2.45) is 0 Å². The van der Waals surface area contributed by atoms with Crippen LogP contribution in [0.25, 0.3) is 0 Å². The molecule has 0 aliphatic heterocycles. The summed E-state index contributed by atoms with van der Waals surface area (Å²) in [5, 5.41) is 0. The van der Waals surface area contributed by atoms with Gasteiger partial charge >= 0.3 is 0 Å². The Hall–Kier alpha value is 0.0200. The van der Waals surface area contributed by atoms with Crippen LogP contribution in [-0.4, -0.2) is 24.2 Å². The SMILES string of the molecule is C[N+](C)=CS. The third-order valence-electron chi connectivity index (χ3n) is 0.231. The molecule has 0 spiro atoms. The molecule has 0 N–H and O–H groups in total. The summed E-state index contributed by atoms with van der Waals surface area (Å²) in [4.78, 5) is 0. The van der Waals surface area contributed by atoms with E-state index in [4.69, 9.17) is 0 Å². The Bertz CT molecular complexity index is 44.9. The summed E-state index contributed by atoms with van der Waals surface area (Å²) >= 11 is 3.82. The molecule has 0 heterocycles. The minimum Gasteiger partial charge on any atom is -0.236 e. The first-order chi connectivity index (χ1) is 2.27. The van der Waals surface area contributed by atoms with Crippen LogP contribution < -0.4 is 0 Å². The standard InChI is InChI=1S/C3H7NS/c1-4(2)3-5/h3H,1-2H3/p+1. The van der Waals surface area contributed by atoms with Gasteiger partial charge in [0.15, 0.2) is 5.55 Å². The van der Waals surface area contributed by atoms with Crippen LogP contribution in [-0.2, 0) is 0 Å². The van der Waals surface area contributed by atoms with Gasteiger partial charge in [0, 0.05) is 0 Å². The molecule has 1 nitrogen and oxygen atoms in total. The van der Waals surface area contributed by atoms with Crippen molar-refractivity contribution in [2.45, 2.75) is 0 Å². The van der Waals surface area contributed by atoms with Gasteiger partial charge in [-0.3, -0.25) is 0 Å². The van der Waals surface area contributed by atoms with E-state index < -0.39 is 0 Å². The zero-order valence-electron chi connectivity index (χ0n) is 3.47. The molecule has 30 valence electrons. The summed E-state index contributed by atoms with van der Waals surface area (Å²) < 4.78 is 1.86. The smallest absolute Gasteiger partial charge is 0.194 e. The minimum atomic E-state index is 1.69. The van der Waals surface area contributed by atoms with Crippen LogP contribution in [0.4, 0.5) is 0 Å². The molecule has 0 aromatic carbocycles. The lowest BCUT2D eigenvalue weighted by molar-refractivity contribution is -0.456. The van der Waals surface area contributed by atoms with Crippen molar-refractivity contribution >= 4 is 18.2 Å². The molecule has 0 fully saturated rings. The number of hydrogen-bond acceptors (Lipinski definition) is 0. The summed E-state index contributed by atoms with van der Waals surface area (Å²) in [5.74, 6) is 0. The van der Waals surface area contributed by atoms with Gasteiger partial charge in [0.05, 0.1) is 0 Å². The fraction of sp³-hybridized carbons (Fsp3) is 0.667. The summed E-state index contributed by atoms with van der Waals surface area (Å²) in [6.45, 7) is 0. The topological polar surface area (TPSA) is 3.01 Å². The summed E-state index contributed by atoms with van der Waals surface area (Å²) in [5.41, 5.74) is 1.69. The Balaban J connectivity index is 3.14. The van der Waals surface area contributed by atoms with E-state index in [0.717, 1.165) is 0 Å². The molecule has 0 rings (SSSR count). The number of nitrogens with zero attached hydrogens (tertiary/aromatic N) is 1. The predicted molar refractivity (Wildman–Crippen MR) is 27.2 cm³/mol. The molecule has 2 heteroatoms. The Labute approximate surface area is 37.7 Å². The molecular weight excluding hydrogens is 82.1 g/mol. The first-order valence-electron chi connectivity index (χ1n) is 1.41. The summed E-state index contributed by atoms with van der Waals surface area (Å²) in [6.07, 6.45) is 0. The van der Waals surface area contributed by atoms with Crippen LogP contribution in [0, 0.1) is 0 Å². The van der Waals surface area contributed by atoms with Gasteiger partial charge in [-0.2, -0.15) is 0 Å². The van der Waals surface area contributed by atoms with E-state index in [9.17, 15) is 0 Å². The van der Waals surface area contributed by atoms with Gasteiger partial charge in [0.25, 0.3) is 0 Å². The Morgan fingerprint density at radius 3 is 1.80 bits per heavy atom. The lowest BCUT2D eigenvalue weighted by Gasteiger charge is -1.71. The molecule has 0 aromatic rings. The fourth-order valence-corrected chi connectivity index (χ4v) is 0. The van der Waals surface area contributed by atoms with E-state index in [2.05, 4.69) is 12.6 Å². The molecule has 0 unspecified atom stereocenters. The molecule has 0 atom stereocenters. The molecule has 0 aliphatic rings. The molecule has 0 aliphatic carbocycles. The van der Waals surface area contributed by atoms with Crippen molar-refractivity contribution in [3.8, 4) is 0 Å². The Kier molecular flexibility index (Phi) is 2.28. The first kappa shape index (κ1) is 5.02. The van der Waals surface area contributed by atoms with Crippen molar-refractivity contribution in [3.05, 3.63) is 0 Å². The Morgan fingerprint density at radius 1 is 1.60 bits per heavy atom. The maximum Gasteiger partial charge on any atom is 0.194 e. The van der Waals surface area contributed by atoms with Crippen molar-refractivity contribution in [1.82, 2.24) is 0 Å². The van der Waals surface area contributed by atoms with Gasteiger partial charge < -0.3 is 0 Å². The number of rotatable bonds is 0. The highest BCUT2D eigenvalue weighted by Crippen LogP contribution is 1.54. The second kappa shape index (κ2) is 2.27. The van der Waals surface area contributed by atoms with Crippen LogP contribution in [0.2, 0.25) is 0 Å². The maximum absolute atomic E-state index is 3.82. The maximum atomic E-state index is 3.82. The van der Waals surface area contributed by atoms with Gasteiger partial charge in [0.1, 0.15) is 14.1 Å². The molecule has 0 bridgehead atoms. The van der Waals surface area contributed by atoms with Crippen LogP contribution in [0.1, 0.15) is 0 Å². The largest absolute Gasteiger partial charge is 0.236 e. The van der Waals surface area contributed by atoms with Crippen LogP contribution >= 0.6 is 12.6 Å². The first-order valence-corrected chi connectivity index (χ1v) is 1.93. The highest BCUT2D eigenvalue weighted by molar-refractivity contribution is 7.94. The highest BCUT2D eigenvalue weighted by Gasteiger charge is 1.65. The van der Waals surface area contributed by atoms with Crippen LogP contribution in [0.3, 0.4) is 0 Å². The quantitative estimate of drug-likeness (QED) is 0.187. The lowest BCUT2D eigenvalue weighted by Crippen LogP contribution is -1.91. The Morgan fingerprint density at radius 2 is 1.80 bits per heavy atom. The average molecular weight is 90.2 g/mol. The van der Waals surface area contributed by atoms with Gasteiger partial charge in [-0.05, 0) is 0 Å². The van der Waals surface area contributed by atoms with E-state index >= 15 is 0 Å². The van der Waals surface area contributed by atoms with E-state index in [1.54, 1.807) is 5.55 Å². The molecule has 0 amide bonds. The third kappa shape index (κ3) is 4.02. The molecule has 0 saturated heterocycles. The van der Waals surface area contributed by atoms with Crippen molar-refractivity contribution in [3.63, 3.8) is 0 Å². The zero-order valence-corrected chi connectivity index (χ0v) is 4.37. The van der Waals surface area contributed by atoms with Gasteiger partial charge in [0.2, 0.25) is 0 Å². The van der Waals surface area contributed by atoms with Crippen LogP contribution in [0.15, 0.2) is 0 Å². The van der Waals surface area contributed by atoms with Crippen molar-refractivity contribution in [1.29, 1.82) is 0 Å². The second-order valence-corrected chi connectivity index (χ2v) is 1.31. The molecule has 0 radical (unpaired) electrons. The van der Waals surface area contributed by atoms with Gasteiger partial charge in [-0.15, -0.1) is 0 Å². The van der Waals surface area contributed by atoms with Crippen molar-refractivity contribution in [2.75, 3.05) is 14.1 Å². The van der Waals surface area contributed by atoms with E-state index in [0.29, 0.717) is 0 Å². The fourth-order valence-electron chi connectivity index (χ4n) is 0.